The minimum absolute atomic E-state index is 0. The van der Waals surface area contributed by atoms with Crippen molar-refractivity contribution in [2.24, 2.45) is 0 Å². The van der Waals surface area contributed by atoms with Crippen molar-refractivity contribution in [3.63, 3.8) is 0 Å². The third-order valence-corrected chi connectivity index (χ3v) is 4.34. The molecule has 3 aromatic carbocycles. The molecular weight excluding hydrogens is 469 g/mol. The van der Waals surface area contributed by atoms with E-state index in [1.165, 1.54) is 0 Å². The molecule has 4 nitrogen and oxygen atoms in total. The molecule has 34 heavy (non-hydrogen) atoms. The van der Waals surface area contributed by atoms with E-state index in [9.17, 15) is 4.79 Å². The van der Waals surface area contributed by atoms with Crippen LogP contribution in [0.25, 0.3) is 11.1 Å². The van der Waals surface area contributed by atoms with Gasteiger partial charge in [0.05, 0.1) is 7.11 Å². The second-order valence-corrected chi connectivity index (χ2v) is 6.99. The quantitative estimate of drug-likeness (QED) is 0.261. The summed E-state index contributed by atoms with van der Waals surface area (Å²) >= 11 is 0. The van der Waals surface area contributed by atoms with Crippen LogP contribution < -0.4 is 14.4 Å². The van der Waals surface area contributed by atoms with Crippen LogP contribution in [0.5, 0.6) is 11.5 Å². The van der Waals surface area contributed by atoms with Crippen molar-refractivity contribution in [3.8, 4) is 22.6 Å². The Morgan fingerprint density at radius 2 is 1.35 bits per heavy atom. The molecular formula is C29H36NNiO3. The Labute approximate surface area is 216 Å². The number of nitrogens with zero attached hydrogens (tertiary/aromatic N) is 1. The monoisotopic (exact) mass is 504 g/mol. The molecule has 0 aliphatic heterocycles. The third kappa shape index (κ3) is 9.61. The zero-order chi connectivity index (χ0) is 24.6. The molecule has 0 unspecified atom stereocenters. The van der Waals surface area contributed by atoms with Gasteiger partial charge in [-0.25, -0.2) is 0 Å². The van der Waals surface area contributed by atoms with E-state index in [1.807, 2.05) is 74.5 Å². The number of benzene rings is 3. The Kier molecular flexibility index (Phi) is 16.2. The first-order chi connectivity index (χ1) is 16.0. The van der Waals surface area contributed by atoms with Gasteiger partial charge in [0.25, 0.3) is 5.91 Å². The number of carbonyl (C=O) groups is 1. The van der Waals surface area contributed by atoms with Crippen molar-refractivity contribution < 1.29 is 30.8 Å². The summed E-state index contributed by atoms with van der Waals surface area (Å²) in [4.78, 5) is 14.4. The molecule has 0 bridgehead atoms. The summed E-state index contributed by atoms with van der Waals surface area (Å²) in [5.74, 6) is 1.07. The van der Waals surface area contributed by atoms with Gasteiger partial charge in [-0.3, -0.25) is 4.79 Å². The van der Waals surface area contributed by atoms with Crippen LogP contribution in [0.15, 0.2) is 72.8 Å². The number of hydrogen-bond donors (Lipinski definition) is 0. The maximum Gasteiger partial charge on any atom is 3.00 e. The first-order valence-electron chi connectivity index (χ1n) is 11.1. The van der Waals surface area contributed by atoms with Crippen LogP contribution in [0.3, 0.4) is 0 Å². The summed E-state index contributed by atoms with van der Waals surface area (Å²) in [6.45, 7) is 15.0. The van der Waals surface area contributed by atoms with E-state index in [2.05, 4.69) is 20.8 Å². The van der Waals surface area contributed by atoms with Gasteiger partial charge in [-0.1, -0.05) is 56.3 Å². The second kappa shape index (κ2) is 17.7. The molecule has 0 atom stereocenters. The average molecular weight is 505 g/mol. The van der Waals surface area contributed by atoms with Crippen LogP contribution in [0.4, 0.5) is 5.69 Å². The van der Waals surface area contributed by atoms with Gasteiger partial charge in [0, 0.05) is 24.4 Å². The molecule has 3 rings (SSSR count). The summed E-state index contributed by atoms with van der Waals surface area (Å²) in [6, 6.07) is 23.1. The topological polar surface area (TPSA) is 38.8 Å². The van der Waals surface area contributed by atoms with Gasteiger partial charge in [-0.05, 0) is 42.0 Å². The molecule has 0 aliphatic rings. The predicted octanol–water partition coefficient (Wildman–Crippen LogP) is 7.31. The molecule has 1 amide bonds. The number of anilines is 1. The van der Waals surface area contributed by atoms with Crippen molar-refractivity contribution in [1.29, 1.82) is 0 Å². The van der Waals surface area contributed by atoms with E-state index in [1.54, 1.807) is 31.2 Å². The molecule has 1 radical (unpaired) electrons. The summed E-state index contributed by atoms with van der Waals surface area (Å²) in [6.07, 6.45) is 2.00. The Morgan fingerprint density at radius 3 is 1.85 bits per heavy atom. The molecule has 0 saturated carbocycles. The van der Waals surface area contributed by atoms with Crippen molar-refractivity contribution in [2.75, 3.05) is 25.7 Å². The fraction of sp³-hybridized carbons (Fsp3) is 0.241. The minimum atomic E-state index is -0.0949. The van der Waals surface area contributed by atoms with E-state index in [4.69, 9.17) is 9.47 Å². The van der Waals surface area contributed by atoms with Crippen LogP contribution in [0.2, 0.25) is 0 Å². The van der Waals surface area contributed by atoms with Gasteiger partial charge in [-0.2, -0.15) is 12.8 Å². The van der Waals surface area contributed by atoms with E-state index in [0.717, 1.165) is 29.7 Å². The van der Waals surface area contributed by atoms with Gasteiger partial charge in [0.15, 0.2) is 11.5 Å². The first kappa shape index (κ1) is 31.2. The summed E-state index contributed by atoms with van der Waals surface area (Å²) in [5.41, 5.74) is 3.54. The van der Waals surface area contributed by atoms with E-state index in [-0.39, 0.29) is 22.4 Å². The van der Waals surface area contributed by atoms with Gasteiger partial charge in [0.1, 0.15) is 0 Å². The normalized spacial score (nSPS) is 9.26. The minimum Gasteiger partial charge on any atom is -0.522 e. The molecule has 0 spiro atoms. The molecule has 0 fully saturated rings. The summed E-state index contributed by atoms with van der Waals surface area (Å²) in [7, 11) is 3.31. The Hall–Kier alpha value is -2.78. The number of carbonyl (C=O) groups excluding carboxylic acids is 1. The predicted molar refractivity (Wildman–Crippen MR) is 140 cm³/mol. The second-order valence-electron chi connectivity index (χ2n) is 6.99. The smallest absolute Gasteiger partial charge is 0.522 e. The average Bonchev–Trinajstić information content (AvgIpc) is 2.85. The summed E-state index contributed by atoms with van der Waals surface area (Å²) in [5, 5.41) is 0. The maximum atomic E-state index is 12.8. The van der Waals surface area contributed by atoms with Gasteiger partial charge < -0.3 is 35.1 Å². The zero-order valence-electron chi connectivity index (χ0n) is 20.7. The van der Waals surface area contributed by atoms with Gasteiger partial charge in [0.2, 0.25) is 0 Å². The number of amides is 1. The van der Waals surface area contributed by atoms with E-state index >= 15 is 0 Å². The van der Waals surface area contributed by atoms with Crippen LogP contribution in [0.1, 0.15) is 37.0 Å². The standard InChI is InChI=1S/C23H22NO3.2C3H7.Ni/c1-4-27-21-15-14-20(16-22(21)26-3)24(2)23(25)19-12-10-18(11-13-19)17-8-6-5-7-9-17;2*1-3-2;/h5-16H,1,4H2,2-3H3;2*1,3H2,2H3;/q3*-1;+3. The third-order valence-electron chi connectivity index (χ3n) is 4.34. The number of ether oxygens (including phenoxy) is 2. The Morgan fingerprint density at radius 1 is 0.824 bits per heavy atom. The number of hydrogen-bond acceptors (Lipinski definition) is 3. The fourth-order valence-corrected chi connectivity index (χ4v) is 2.84. The molecule has 0 saturated heterocycles. The maximum absolute atomic E-state index is 12.8. The summed E-state index contributed by atoms with van der Waals surface area (Å²) < 4.78 is 10.8. The van der Waals surface area contributed by atoms with Gasteiger partial charge >= 0.3 is 16.5 Å². The van der Waals surface area contributed by atoms with Crippen molar-refractivity contribution in [1.82, 2.24) is 0 Å². The van der Waals surface area contributed by atoms with Crippen molar-refractivity contribution >= 4 is 11.6 Å². The molecule has 5 heteroatoms. The largest absolute Gasteiger partial charge is 3.00 e. The Bertz CT molecular complexity index is 941. The van der Waals surface area contributed by atoms with E-state index < -0.39 is 0 Å². The number of methoxy groups -OCH3 is 1. The number of rotatable bonds is 6. The van der Waals surface area contributed by atoms with Gasteiger partial charge in [-0.15, -0.1) is 0 Å². The molecule has 0 heterocycles. The molecule has 0 aliphatic carbocycles. The van der Waals surface area contributed by atoms with Crippen LogP contribution in [-0.4, -0.2) is 26.7 Å². The molecule has 0 N–H and O–H groups in total. The van der Waals surface area contributed by atoms with Crippen LogP contribution in [0, 0.1) is 20.8 Å². The van der Waals surface area contributed by atoms with Crippen LogP contribution >= 0.6 is 0 Å². The van der Waals surface area contributed by atoms with E-state index in [0.29, 0.717) is 23.7 Å². The molecule has 3 aromatic rings. The van der Waals surface area contributed by atoms with Crippen molar-refractivity contribution in [2.45, 2.75) is 26.7 Å². The van der Waals surface area contributed by atoms with Crippen LogP contribution in [-0.2, 0) is 16.5 Å². The zero-order valence-corrected chi connectivity index (χ0v) is 21.6. The SMILES string of the molecule is [CH2-]CC.[CH2-]CC.[CH2-]COc1ccc(N(C)C(=O)c2ccc(-c3ccccc3)cc2)cc1OC.[Ni+3]. The Balaban J connectivity index is 0.00000141. The molecule has 185 valence electrons. The molecule has 0 aromatic heterocycles. The van der Waals surface area contributed by atoms with Crippen molar-refractivity contribution in [3.05, 3.63) is 99.1 Å². The first-order valence-corrected chi connectivity index (χ1v) is 11.1. The fourth-order valence-electron chi connectivity index (χ4n) is 2.84.